The number of hydrogen-bond acceptors (Lipinski definition) is 3. The minimum absolute atomic E-state index is 0.644. The monoisotopic (exact) mass is 291 g/mol. The van der Waals surface area contributed by atoms with Gasteiger partial charge in [-0.05, 0) is 24.5 Å². The van der Waals surface area contributed by atoms with Crippen molar-refractivity contribution in [2.45, 2.75) is 18.4 Å². The number of hydrogen-bond donors (Lipinski definition) is 0. The van der Waals surface area contributed by atoms with Crippen molar-refractivity contribution in [2.24, 2.45) is 0 Å². The highest BCUT2D eigenvalue weighted by Crippen LogP contribution is 2.21. The summed E-state index contributed by atoms with van der Waals surface area (Å²) in [5.74, 6) is 0.704. The van der Waals surface area contributed by atoms with E-state index in [-0.39, 0.29) is 0 Å². The third kappa shape index (κ3) is 3.09. The highest BCUT2D eigenvalue weighted by molar-refractivity contribution is 7.58. The molecule has 3 heteroatoms. The van der Waals surface area contributed by atoms with Crippen molar-refractivity contribution in [1.82, 2.24) is 9.97 Å². The topological polar surface area (TPSA) is 25.8 Å². The van der Waals surface area contributed by atoms with Crippen molar-refractivity contribution in [3.63, 3.8) is 0 Å². The predicted molar refractivity (Wildman–Crippen MR) is 87.1 cm³/mol. The summed E-state index contributed by atoms with van der Waals surface area (Å²) in [4.78, 5) is 9.13. The number of nitrogens with zero attached hydrogens (tertiary/aromatic N) is 2. The van der Waals surface area contributed by atoms with Crippen LogP contribution < -0.4 is 0 Å². The minimum Gasteiger partial charge on any atom is -0.760 e. The van der Waals surface area contributed by atoms with Gasteiger partial charge < -0.3 is 12.6 Å². The molecule has 21 heavy (non-hydrogen) atoms. The van der Waals surface area contributed by atoms with Gasteiger partial charge in [-0.15, -0.1) is 0 Å². The molecule has 3 aromatic rings. The van der Waals surface area contributed by atoms with Gasteiger partial charge in [-0.25, -0.2) is 4.98 Å². The molecule has 0 aliphatic heterocycles. The van der Waals surface area contributed by atoms with Crippen LogP contribution >= 0.6 is 0 Å². The Morgan fingerprint density at radius 1 is 0.857 bits per heavy atom. The molecule has 0 N–H and O–H groups in total. The Hall–Kier alpha value is -2.26. The van der Waals surface area contributed by atoms with E-state index in [1.165, 1.54) is 5.56 Å². The van der Waals surface area contributed by atoms with Crippen LogP contribution in [-0.2, 0) is 19.0 Å². The SMILES string of the molecule is Cc1nc(-c2ccccc2)nc([S-])c1Cc1ccccc1. The van der Waals surface area contributed by atoms with E-state index in [1.54, 1.807) is 0 Å². The van der Waals surface area contributed by atoms with Crippen molar-refractivity contribution in [1.29, 1.82) is 0 Å². The highest BCUT2D eigenvalue weighted by Gasteiger charge is 2.07. The van der Waals surface area contributed by atoms with E-state index in [0.29, 0.717) is 10.9 Å². The fourth-order valence-electron chi connectivity index (χ4n) is 2.29. The van der Waals surface area contributed by atoms with E-state index in [4.69, 9.17) is 12.6 Å². The Bertz CT molecular complexity index is 717. The molecule has 2 aromatic carbocycles. The summed E-state index contributed by atoms with van der Waals surface area (Å²) in [6, 6.07) is 20.2. The first kappa shape index (κ1) is 13.7. The molecule has 104 valence electrons. The molecular weight excluding hydrogens is 276 g/mol. The lowest BCUT2D eigenvalue weighted by atomic mass is 10.1. The molecule has 0 aliphatic carbocycles. The number of benzene rings is 2. The normalized spacial score (nSPS) is 10.5. The third-order valence-electron chi connectivity index (χ3n) is 3.43. The molecule has 3 rings (SSSR count). The average Bonchev–Trinajstić information content (AvgIpc) is 2.52. The third-order valence-corrected chi connectivity index (χ3v) is 3.77. The zero-order valence-corrected chi connectivity index (χ0v) is 12.6. The minimum atomic E-state index is 0.644. The van der Waals surface area contributed by atoms with Crippen LogP contribution in [0.2, 0.25) is 0 Å². The van der Waals surface area contributed by atoms with Crippen LogP contribution in [0.15, 0.2) is 65.7 Å². The largest absolute Gasteiger partial charge is 0.760 e. The second-order valence-electron chi connectivity index (χ2n) is 4.94. The van der Waals surface area contributed by atoms with E-state index in [1.807, 2.05) is 55.5 Å². The summed E-state index contributed by atoms with van der Waals surface area (Å²) in [6.45, 7) is 2.00. The maximum atomic E-state index is 5.48. The van der Waals surface area contributed by atoms with Crippen LogP contribution in [0, 0.1) is 6.92 Å². The Labute approximate surface area is 130 Å². The fraction of sp³-hybridized carbons (Fsp3) is 0.111. The molecule has 1 heterocycles. The molecule has 0 fully saturated rings. The number of rotatable bonds is 3. The van der Waals surface area contributed by atoms with Crippen LogP contribution in [0.1, 0.15) is 16.8 Å². The first-order valence-corrected chi connectivity index (χ1v) is 7.29. The molecular formula is C18H15N2S-. The maximum absolute atomic E-state index is 5.48. The molecule has 0 unspecified atom stereocenters. The van der Waals surface area contributed by atoms with Crippen molar-refractivity contribution in [3.8, 4) is 11.4 Å². The van der Waals surface area contributed by atoms with E-state index in [9.17, 15) is 0 Å². The molecule has 0 amide bonds. The molecule has 2 nitrogen and oxygen atoms in total. The molecule has 0 aliphatic rings. The van der Waals surface area contributed by atoms with Crippen molar-refractivity contribution in [3.05, 3.63) is 77.5 Å². The zero-order chi connectivity index (χ0) is 14.7. The Balaban J connectivity index is 1.97. The second kappa shape index (κ2) is 6.02. The Morgan fingerprint density at radius 2 is 1.48 bits per heavy atom. The molecule has 0 saturated heterocycles. The van der Waals surface area contributed by atoms with Crippen molar-refractivity contribution < 1.29 is 0 Å². The van der Waals surface area contributed by atoms with Gasteiger partial charge in [0.2, 0.25) is 0 Å². The summed E-state index contributed by atoms with van der Waals surface area (Å²) >= 11 is 5.48. The van der Waals surface area contributed by atoms with Gasteiger partial charge in [0.1, 0.15) is 0 Å². The van der Waals surface area contributed by atoms with Gasteiger partial charge in [0, 0.05) is 11.3 Å². The van der Waals surface area contributed by atoms with Gasteiger partial charge in [0.25, 0.3) is 0 Å². The van der Waals surface area contributed by atoms with E-state index in [2.05, 4.69) is 22.1 Å². The van der Waals surface area contributed by atoms with Crippen molar-refractivity contribution in [2.75, 3.05) is 0 Å². The fourth-order valence-corrected chi connectivity index (χ4v) is 2.60. The number of aryl methyl sites for hydroxylation is 1. The average molecular weight is 291 g/mol. The smallest absolute Gasteiger partial charge is 0.157 e. The number of aromatic nitrogens is 2. The van der Waals surface area contributed by atoms with Crippen LogP contribution in [0.25, 0.3) is 11.4 Å². The summed E-state index contributed by atoms with van der Waals surface area (Å²) in [6.07, 6.45) is 0.778. The maximum Gasteiger partial charge on any atom is 0.157 e. The summed E-state index contributed by atoms with van der Waals surface area (Å²) in [5, 5.41) is 0.644. The van der Waals surface area contributed by atoms with Gasteiger partial charge in [0.05, 0.1) is 0 Å². The van der Waals surface area contributed by atoms with Gasteiger partial charge in [0.15, 0.2) is 5.82 Å². The van der Waals surface area contributed by atoms with Gasteiger partial charge >= 0.3 is 0 Å². The lowest BCUT2D eigenvalue weighted by Crippen LogP contribution is -2.03. The van der Waals surface area contributed by atoms with Crippen LogP contribution in [0.4, 0.5) is 0 Å². The van der Waals surface area contributed by atoms with Crippen LogP contribution in [-0.4, -0.2) is 9.97 Å². The Morgan fingerprint density at radius 3 is 2.10 bits per heavy atom. The second-order valence-corrected chi connectivity index (χ2v) is 5.33. The first-order chi connectivity index (χ1) is 10.2. The Kier molecular flexibility index (Phi) is 3.93. The van der Waals surface area contributed by atoms with E-state index < -0.39 is 0 Å². The summed E-state index contributed by atoms with van der Waals surface area (Å²) in [5.41, 5.74) is 4.22. The molecule has 0 atom stereocenters. The van der Waals surface area contributed by atoms with Gasteiger partial charge in [-0.2, -0.15) is 0 Å². The summed E-state index contributed by atoms with van der Waals surface area (Å²) < 4.78 is 0. The highest BCUT2D eigenvalue weighted by atomic mass is 32.1. The van der Waals surface area contributed by atoms with E-state index in [0.717, 1.165) is 23.2 Å². The molecule has 1 aromatic heterocycles. The molecule has 0 bridgehead atoms. The lowest BCUT2D eigenvalue weighted by molar-refractivity contribution is 0.936. The van der Waals surface area contributed by atoms with E-state index >= 15 is 0 Å². The summed E-state index contributed by atoms with van der Waals surface area (Å²) in [7, 11) is 0. The molecule has 0 saturated carbocycles. The molecule has 0 spiro atoms. The molecule has 0 radical (unpaired) electrons. The first-order valence-electron chi connectivity index (χ1n) is 6.88. The standard InChI is InChI=1S/C18H16N2S/c1-13-16(12-14-8-4-2-5-9-14)18(21)20-17(19-13)15-10-6-3-7-11-15/h2-11H,12H2,1H3,(H,19,20,21)/p-1. The van der Waals surface area contributed by atoms with Gasteiger partial charge in [-0.3, -0.25) is 4.98 Å². The van der Waals surface area contributed by atoms with Crippen LogP contribution in [0.3, 0.4) is 0 Å². The quantitative estimate of drug-likeness (QED) is 0.540. The van der Waals surface area contributed by atoms with Crippen molar-refractivity contribution >= 4 is 12.6 Å². The lowest BCUT2D eigenvalue weighted by Gasteiger charge is -2.17. The van der Waals surface area contributed by atoms with Crippen LogP contribution in [0.5, 0.6) is 0 Å². The van der Waals surface area contributed by atoms with Gasteiger partial charge in [-0.1, -0.05) is 65.7 Å². The zero-order valence-electron chi connectivity index (χ0n) is 11.8. The predicted octanol–water partition coefficient (Wildman–Crippen LogP) is 3.95.